The van der Waals surface area contributed by atoms with Crippen LogP contribution in [0.3, 0.4) is 0 Å². The van der Waals surface area contributed by atoms with Crippen molar-refractivity contribution in [2.45, 2.75) is 24.9 Å². The Morgan fingerprint density at radius 1 is 1.26 bits per heavy atom. The summed E-state index contributed by atoms with van der Waals surface area (Å²) in [5.41, 5.74) is 0.312. The number of carboxylic acid groups (broad SMARTS) is 1. The summed E-state index contributed by atoms with van der Waals surface area (Å²) in [7, 11) is 0. The molecule has 0 unspecified atom stereocenters. The van der Waals surface area contributed by atoms with Gasteiger partial charge in [-0.2, -0.15) is 11.8 Å². The van der Waals surface area contributed by atoms with Crippen LogP contribution < -0.4 is 5.32 Å². The van der Waals surface area contributed by atoms with E-state index in [1.165, 1.54) is 4.90 Å². The van der Waals surface area contributed by atoms with Crippen molar-refractivity contribution in [3.8, 4) is 0 Å². The summed E-state index contributed by atoms with van der Waals surface area (Å²) >= 11 is 1.69. The van der Waals surface area contributed by atoms with Crippen molar-refractivity contribution >= 4 is 29.5 Å². The minimum atomic E-state index is -1.20. The maximum atomic E-state index is 12.3. The predicted octanol–water partition coefficient (Wildman–Crippen LogP) is 1.11. The van der Waals surface area contributed by atoms with Crippen molar-refractivity contribution in [1.82, 2.24) is 10.2 Å². The van der Waals surface area contributed by atoms with Gasteiger partial charge in [0, 0.05) is 12.1 Å². The molecule has 0 saturated carbocycles. The summed E-state index contributed by atoms with van der Waals surface area (Å²) in [6, 6.07) is 7.25. The fraction of sp³-hybridized carbons (Fsp3) is 0.438. The minimum Gasteiger partial charge on any atom is -0.480 e. The number of fused-ring (bicyclic) bond motifs is 1. The number of nitrogens with zero attached hydrogens (tertiary/aromatic N) is 1. The molecule has 7 heteroatoms. The summed E-state index contributed by atoms with van der Waals surface area (Å²) in [6.07, 6.45) is 0.819. The number of aliphatic carboxylic acids is 1. The highest BCUT2D eigenvalue weighted by Crippen LogP contribution is 2.28. The molecule has 23 heavy (non-hydrogen) atoms. The molecule has 3 rings (SSSR count). The van der Waals surface area contributed by atoms with E-state index in [-0.39, 0.29) is 12.5 Å². The van der Waals surface area contributed by atoms with Gasteiger partial charge >= 0.3 is 5.97 Å². The third-order valence-corrected chi connectivity index (χ3v) is 5.35. The van der Waals surface area contributed by atoms with E-state index in [4.69, 9.17) is 0 Å². The molecular weight excluding hydrogens is 316 g/mol. The van der Waals surface area contributed by atoms with Gasteiger partial charge in [0.15, 0.2) is 0 Å². The Bertz CT molecular complexity index is 655. The van der Waals surface area contributed by atoms with E-state index in [1.54, 1.807) is 23.9 Å². The molecule has 2 heterocycles. The lowest BCUT2D eigenvalue weighted by Gasteiger charge is -2.34. The van der Waals surface area contributed by atoms with Gasteiger partial charge in [-0.3, -0.25) is 9.59 Å². The SMILES string of the molecule is O=C(CN1Cc2ccccc2C1=O)NC1(C(=O)O)CCSCC1. The smallest absolute Gasteiger partial charge is 0.329 e. The van der Waals surface area contributed by atoms with Gasteiger partial charge in [0.25, 0.3) is 5.91 Å². The van der Waals surface area contributed by atoms with Crippen LogP contribution in [0.15, 0.2) is 24.3 Å². The Morgan fingerprint density at radius 2 is 1.96 bits per heavy atom. The van der Waals surface area contributed by atoms with Crippen LogP contribution in [-0.2, 0) is 16.1 Å². The number of benzene rings is 1. The number of carboxylic acids is 1. The lowest BCUT2D eigenvalue weighted by atomic mass is 9.92. The Hall–Kier alpha value is -2.02. The van der Waals surface area contributed by atoms with Gasteiger partial charge in [-0.1, -0.05) is 18.2 Å². The number of amides is 2. The van der Waals surface area contributed by atoms with Gasteiger partial charge in [-0.25, -0.2) is 4.79 Å². The van der Waals surface area contributed by atoms with Gasteiger partial charge < -0.3 is 15.3 Å². The third-order valence-electron chi connectivity index (χ3n) is 4.37. The second kappa shape index (κ2) is 6.23. The highest BCUT2D eigenvalue weighted by molar-refractivity contribution is 7.99. The van der Waals surface area contributed by atoms with E-state index in [9.17, 15) is 19.5 Å². The number of hydrogen-bond acceptors (Lipinski definition) is 4. The van der Waals surface area contributed by atoms with Crippen LogP contribution in [0.5, 0.6) is 0 Å². The number of hydrogen-bond donors (Lipinski definition) is 2. The van der Waals surface area contributed by atoms with Crippen molar-refractivity contribution in [2.24, 2.45) is 0 Å². The van der Waals surface area contributed by atoms with E-state index in [0.29, 0.717) is 36.5 Å². The number of carbonyl (C=O) groups is 3. The highest BCUT2D eigenvalue weighted by atomic mass is 32.2. The molecule has 0 spiro atoms. The second-order valence-corrected chi connectivity index (χ2v) is 7.09. The summed E-state index contributed by atoms with van der Waals surface area (Å²) in [5.74, 6) is -0.177. The molecule has 0 atom stereocenters. The first-order chi connectivity index (χ1) is 11.0. The number of rotatable bonds is 4. The topological polar surface area (TPSA) is 86.7 Å². The average molecular weight is 334 g/mol. The first-order valence-electron chi connectivity index (χ1n) is 7.51. The zero-order valence-corrected chi connectivity index (χ0v) is 13.4. The van der Waals surface area contributed by atoms with Crippen LogP contribution in [-0.4, -0.2) is 51.4 Å². The lowest BCUT2D eigenvalue weighted by molar-refractivity contribution is -0.148. The molecular formula is C16H18N2O4S. The van der Waals surface area contributed by atoms with Crippen molar-refractivity contribution in [2.75, 3.05) is 18.1 Å². The predicted molar refractivity (Wildman–Crippen MR) is 86.3 cm³/mol. The molecule has 1 fully saturated rings. The van der Waals surface area contributed by atoms with Crippen LogP contribution in [0.1, 0.15) is 28.8 Å². The minimum absolute atomic E-state index is 0.115. The maximum absolute atomic E-state index is 12.3. The fourth-order valence-electron chi connectivity index (χ4n) is 3.03. The zero-order chi connectivity index (χ0) is 16.4. The molecule has 0 bridgehead atoms. The molecule has 2 N–H and O–H groups in total. The maximum Gasteiger partial charge on any atom is 0.329 e. The summed E-state index contributed by atoms with van der Waals surface area (Å²) in [6.45, 7) is 0.272. The zero-order valence-electron chi connectivity index (χ0n) is 12.6. The molecule has 1 aromatic rings. The Balaban J connectivity index is 1.66. The normalized spacial score (nSPS) is 19.3. The molecule has 0 radical (unpaired) electrons. The number of carbonyl (C=O) groups excluding carboxylic acids is 2. The molecule has 122 valence electrons. The van der Waals surface area contributed by atoms with E-state index in [2.05, 4.69) is 5.32 Å². The lowest BCUT2D eigenvalue weighted by Crippen LogP contribution is -2.58. The van der Waals surface area contributed by atoms with Crippen molar-refractivity contribution in [1.29, 1.82) is 0 Å². The van der Waals surface area contributed by atoms with E-state index < -0.39 is 17.4 Å². The molecule has 1 aromatic carbocycles. The van der Waals surface area contributed by atoms with Gasteiger partial charge in [0.05, 0.1) is 0 Å². The van der Waals surface area contributed by atoms with E-state index in [0.717, 1.165) is 5.56 Å². The number of nitrogens with one attached hydrogen (secondary N) is 1. The molecule has 2 aliphatic rings. The van der Waals surface area contributed by atoms with Crippen molar-refractivity contribution in [3.63, 3.8) is 0 Å². The summed E-state index contributed by atoms with van der Waals surface area (Å²) in [5, 5.41) is 12.1. The van der Waals surface area contributed by atoms with Crippen LogP contribution in [0, 0.1) is 0 Å². The molecule has 2 amide bonds. The summed E-state index contributed by atoms with van der Waals surface area (Å²) < 4.78 is 0. The number of thioether (sulfide) groups is 1. The van der Waals surface area contributed by atoms with Crippen molar-refractivity contribution in [3.05, 3.63) is 35.4 Å². The quantitative estimate of drug-likeness (QED) is 0.861. The van der Waals surface area contributed by atoms with Crippen LogP contribution in [0.2, 0.25) is 0 Å². The summed E-state index contributed by atoms with van der Waals surface area (Å²) in [4.78, 5) is 37.6. The van der Waals surface area contributed by atoms with Gasteiger partial charge in [-0.15, -0.1) is 0 Å². The fourth-order valence-corrected chi connectivity index (χ4v) is 4.22. The van der Waals surface area contributed by atoms with Crippen molar-refractivity contribution < 1.29 is 19.5 Å². The molecule has 0 aliphatic carbocycles. The van der Waals surface area contributed by atoms with Gasteiger partial charge in [-0.05, 0) is 36.0 Å². The molecule has 6 nitrogen and oxygen atoms in total. The molecule has 0 aromatic heterocycles. The van der Waals surface area contributed by atoms with Gasteiger partial charge in [0.1, 0.15) is 12.1 Å². The van der Waals surface area contributed by atoms with Crippen LogP contribution in [0.4, 0.5) is 0 Å². The average Bonchev–Trinajstić information content (AvgIpc) is 2.84. The second-order valence-electron chi connectivity index (χ2n) is 5.87. The van der Waals surface area contributed by atoms with E-state index >= 15 is 0 Å². The molecule has 1 saturated heterocycles. The van der Waals surface area contributed by atoms with Crippen LogP contribution >= 0.6 is 11.8 Å². The molecule has 2 aliphatic heterocycles. The van der Waals surface area contributed by atoms with Crippen LogP contribution in [0.25, 0.3) is 0 Å². The Labute approximate surface area is 138 Å². The van der Waals surface area contributed by atoms with E-state index in [1.807, 2.05) is 12.1 Å². The Morgan fingerprint density at radius 3 is 2.61 bits per heavy atom. The van der Waals surface area contributed by atoms with Gasteiger partial charge in [0.2, 0.25) is 5.91 Å². The first kappa shape index (κ1) is 15.9. The Kier molecular flexibility index (Phi) is 4.30. The standard InChI is InChI=1S/C16H18N2O4S/c19-13(17-16(15(21)22)5-7-23-8-6-16)10-18-9-11-3-1-2-4-12(11)14(18)20/h1-4H,5-10H2,(H,17,19)(H,21,22). The monoisotopic (exact) mass is 334 g/mol. The highest BCUT2D eigenvalue weighted by Gasteiger charge is 2.41. The first-order valence-corrected chi connectivity index (χ1v) is 8.67. The third kappa shape index (κ3) is 3.06. The largest absolute Gasteiger partial charge is 0.480 e.